The van der Waals surface area contributed by atoms with Crippen LogP contribution in [0, 0.1) is 0 Å². The number of halogens is 2. The number of nitrogens with zero attached hydrogens (tertiary/aromatic N) is 2. The molecule has 0 saturated heterocycles. The van der Waals surface area contributed by atoms with E-state index in [0.717, 1.165) is 24.0 Å². The number of hydrogen-bond donors (Lipinski definition) is 2. The summed E-state index contributed by atoms with van der Waals surface area (Å²) in [6, 6.07) is 11.8. The van der Waals surface area contributed by atoms with Gasteiger partial charge < -0.3 is 20.1 Å². The first kappa shape index (κ1) is 22.2. The Hall–Kier alpha value is -2.54. The summed E-state index contributed by atoms with van der Waals surface area (Å²) in [5, 5.41) is 6.98. The maximum Gasteiger partial charge on any atom is 0.253 e. The summed E-state index contributed by atoms with van der Waals surface area (Å²) in [5.41, 5.74) is 2.00. The Labute approximate surface area is 185 Å². The number of rotatable bonds is 7. The minimum atomic E-state index is -0.757. The van der Waals surface area contributed by atoms with E-state index in [4.69, 9.17) is 23.2 Å². The van der Waals surface area contributed by atoms with Crippen molar-refractivity contribution in [2.75, 3.05) is 26.0 Å². The van der Waals surface area contributed by atoms with Crippen LogP contribution in [0.4, 0.5) is 5.69 Å². The Morgan fingerprint density at radius 3 is 2.63 bits per heavy atom. The molecule has 0 aliphatic rings. The second-order valence-electron chi connectivity index (χ2n) is 7.37. The molecule has 0 aliphatic heterocycles. The van der Waals surface area contributed by atoms with E-state index in [1.807, 2.05) is 44.6 Å². The number of aromatic nitrogens is 1. The van der Waals surface area contributed by atoms with Crippen molar-refractivity contribution in [2.24, 2.45) is 0 Å². The molecule has 30 heavy (non-hydrogen) atoms. The number of nitrogens with one attached hydrogen (secondary N) is 2. The van der Waals surface area contributed by atoms with E-state index in [1.165, 1.54) is 0 Å². The van der Waals surface area contributed by atoms with Crippen LogP contribution in [-0.2, 0) is 11.3 Å². The van der Waals surface area contributed by atoms with E-state index >= 15 is 0 Å². The van der Waals surface area contributed by atoms with E-state index in [-0.39, 0.29) is 21.5 Å². The smallest absolute Gasteiger partial charge is 0.253 e. The molecule has 8 heteroatoms. The summed E-state index contributed by atoms with van der Waals surface area (Å²) < 4.78 is 2.18. The summed E-state index contributed by atoms with van der Waals surface area (Å²) in [4.78, 5) is 27.1. The fourth-order valence-electron chi connectivity index (χ4n) is 3.05. The number of hydrogen-bond acceptors (Lipinski definition) is 3. The van der Waals surface area contributed by atoms with Gasteiger partial charge in [0.05, 0.1) is 15.6 Å². The van der Waals surface area contributed by atoms with Crippen LogP contribution in [0.5, 0.6) is 0 Å². The van der Waals surface area contributed by atoms with Gasteiger partial charge in [-0.2, -0.15) is 0 Å². The van der Waals surface area contributed by atoms with Crippen molar-refractivity contribution in [1.29, 1.82) is 0 Å². The molecule has 0 saturated carbocycles. The summed E-state index contributed by atoms with van der Waals surface area (Å²) in [6.45, 7) is 3.44. The molecule has 0 bridgehead atoms. The van der Waals surface area contributed by atoms with Gasteiger partial charge in [0.2, 0.25) is 5.91 Å². The number of anilines is 1. The van der Waals surface area contributed by atoms with Gasteiger partial charge in [-0.05, 0) is 57.4 Å². The summed E-state index contributed by atoms with van der Waals surface area (Å²) in [6.07, 6.45) is 2.04. The van der Waals surface area contributed by atoms with Crippen molar-refractivity contribution >= 4 is 51.6 Å². The largest absolute Gasteiger partial charge is 0.346 e. The van der Waals surface area contributed by atoms with Crippen LogP contribution in [0.2, 0.25) is 10.0 Å². The SMILES string of the molecule is CC(NC(=O)c1cccc(Cl)c1Cl)C(=O)Nc1ccc2c(ccn2CCN(C)C)c1. The Balaban J connectivity index is 1.65. The molecule has 1 atom stereocenters. The van der Waals surface area contributed by atoms with Crippen molar-refractivity contribution in [3.63, 3.8) is 0 Å². The van der Waals surface area contributed by atoms with Crippen molar-refractivity contribution < 1.29 is 9.59 Å². The van der Waals surface area contributed by atoms with Crippen molar-refractivity contribution in [3.8, 4) is 0 Å². The topological polar surface area (TPSA) is 66.4 Å². The second-order valence-corrected chi connectivity index (χ2v) is 8.16. The number of carbonyl (C=O) groups excluding carboxylic acids is 2. The van der Waals surface area contributed by atoms with Gasteiger partial charge in [-0.1, -0.05) is 29.3 Å². The van der Waals surface area contributed by atoms with Gasteiger partial charge in [0, 0.05) is 35.9 Å². The van der Waals surface area contributed by atoms with Gasteiger partial charge >= 0.3 is 0 Å². The molecule has 0 radical (unpaired) electrons. The zero-order valence-corrected chi connectivity index (χ0v) is 18.6. The molecule has 2 amide bonds. The average molecular weight is 447 g/mol. The fraction of sp³-hybridized carbons (Fsp3) is 0.273. The Kier molecular flexibility index (Phi) is 7.02. The molecule has 0 fully saturated rings. The minimum absolute atomic E-state index is 0.161. The first-order valence-corrected chi connectivity index (χ1v) is 10.3. The van der Waals surface area contributed by atoms with Crippen LogP contribution in [-0.4, -0.2) is 48.0 Å². The Bertz CT molecular complexity index is 1080. The third-order valence-corrected chi connectivity index (χ3v) is 5.58. The molecule has 2 aromatic carbocycles. The van der Waals surface area contributed by atoms with E-state index in [2.05, 4.69) is 20.1 Å². The number of carbonyl (C=O) groups is 2. The van der Waals surface area contributed by atoms with Crippen LogP contribution in [0.1, 0.15) is 17.3 Å². The van der Waals surface area contributed by atoms with E-state index < -0.39 is 11.9 Å². The van der Waals surface area contributed by atoms with Gasteiger partial charge in [0.25, 0.3) is 5.91 Å². The van der Waals surface area contributed by atoms with Crippen LogP contribution >= 0.6 is 23.2 Å². The molecule has 2 N–H and O–H groups in total. The zero-order chi connectivity index (χ0) is 21.8. The lowest BCUT2D eigenvalue weighted by Gasteiger charge is -2.15. The van der Waals surface area contributed by atoms with Crippen LogP contribution in [0.3, 0.4) is 0 Å². The van der Waals surface area contributed by atoms with Gasteiger partial charge in [0.1, 0.15) is 6.04 Å². The number of benzene rings is 2. The number of fused-ring (bicyclic) bond motifs is 1. The third kappa shape index (κ3) is 5.14. The molecule has 3 rings (SSSR count). The maximum atomic E-state index is 12.6. The summed E-state index contributed by atoms with van der Waals surface area (Å²) in [5.74, 6) is -0.786. The van der Waals surface area contributed by atoms with Gasteiger partial charge in [-0.25, -0.2) is 0 Å². The quantitative estimate of drug-likeness (QED) is 0.569. The number of amides is 2. The lowest BCUT2D eigenvalue weighted by molar-refractivity contribution is -0.117. The third-order valence-electron chi connectivity index (χ3n) is 4.76. The summed E-state index contributed by atoms with van der Waals surface area (Å²) >= 11 is 12.0. The molecular weight excluding hydrogens is 423 g/mol. The molecule has 6 nitrogen and oxygen atoms in total. The van der Waals surface area contributed by atoms with Crippen molar-refractivity contribution in [1.82, 2.24) is 14.8 Å². The molecule has 1 unspecified atom stereocenters. The predicted molar refractivity (Wildman–Crippen MR) is 123 cm³/mol. The van der Waals surface area contributed by atoms with Crippen molar-refractivity contribution in [2.45, 2.75) is 19.5 Å². The van der Waals surface area contributed by atoms with Gasteiger partial charge in [0.15, 0.2) is 0 Å². The predicted octanol–water partition coefficient (Wildman–Crippen LogP) is 4.27. The highest BCUT2D eigenvalue weighted by atomic mass is 35.5. The van der Waals surface area contributed by atoms with Crippen LogP contribution in [0.15, 0.2) is 48.7 Å². The molecular formula is C22H24Cl2N4O2. The summed E-state index contributed by atoms with van der Waals surface area (Å²) in [7, 11) is 4.08. The zero-order valence-electron chi connectivity index (χ0n) is 17.1. The van der Waals surface area contributed by atoms with E-state index in [9.17, 15) is 9.59 Å². The standard InChI is InChI=1S/C22H24Cl2N4O2/c1-14(25-22(30)17-5-4-6-18(23)20(17)24)21(29)26-16-7-8-19-15(13-16)9-10-28(19)12-11-27(2)3/h4-10,13-14H,11-12H2,1-3H3,(H,25,30)(H,26,29). The van der Waals surface area contributed by atoms with Gasteiger partial charge in [-0.3, -0.25) is 9.59 Å². The van der Waals surface area contributed by atoms with E-state index in [0.29, 0.717) is 5.69 Å². The van der Waals surface area contributed by atoms with Crippen LogP contribution in [0.25, 0.3) is 10.9 Å². The molecule has 1 heterocycles. The lowest BCUT2D eigenvalue weighted by Crippen LogP contribution is -2.41. The molecule has 1 aromatic heterocycles. The molecule has 0 spiro atoms. The monoisotopic (exact) mass is 446 g/mol. The van der Waals surface area contributed by atoms with E-state index in [1.54, 1.807) is 25.1 Å². The normalized spacial score (nSPS) is 12.2. The highest BCUT2D eigenvalue weighted by Gasteiger charge is 2.19. The molecule has 0 aliphatic carbocycles. The Morgan fingerprint density at radius 1 is 1.13 bits per heavy atom. The minimum Gasteiger partial charge on any atom is -0.346 e. The lowest BCUT2D eigenvalue weighted by atomic mass is 10.2. The first-order chi connectivity index (χ1) is 14.3. The molecule has 3 aromatic rings. The maximum absolute atomic E-state index is 12.6. The first-order valence-electron chi connectivity index (χ1n) is 9.55. The highest BCUT2D eigenvalue weighted by Crippen LogP contribution is 2.25. The fourth-order valence-corrected chi connectivity index (χ4v) is 3.44. The van der Waals surface area contributed by atoms with Gasteiger partial charge in [-0.15, -0.1) is 0 Å². The average Bonchev–Trinajstić information content (AvgIpc) is 3.10. The van der Waals surface area contributed by atoms with Crippen LogP contribution < -0.4 is 10.6 Å². The highest BCUT2D eigenvalue weighted by molar-refractivity contribution is 6.43. The Morgan fingerprint density at radius 2 is 1.90 bits per heavy atom. The second kappa shape index (κ2) is 9.51. The molecule has 158 valence electrons. The number of likely N-dealkylation sites (N-methyl/N-ethyl adjacent to an activating group) is 1. The van der Waals surface area contributed by atoms with Crippen molar-refractivity contribution in [3.05, 3.63) is 64.3 Å².